The van der Waals surface area contributed by atoms with E-state index < -0.39 is 0 Å². The third kappa shape index (κ3) is 3.31. The monoisotopic (exact) mass is 190 g/mol. The normalized spacial score (nSPS) is 14.6. The molecule has 1 aliphatic carbocycles. The van der Waals surface area contributed by atoms with Crippen molar-refractivity contribution < 1.29 is 9.59 Å². The number of aliphatic imine (C=N–C) groups is 2. The summed E-state index contributed by atoms with van der Waals surface area (Å²) in [6.07, 6.45) is 8.75. The summed E-state index contributed by atoms with van der Waals surface area (Å²) < 4.78 is 0. The van der Waals surface area contributed by atoms with Gasteiger partial charge in [0, 0.05) is 0 Å². The maximum absolute atomic E-state index is 9.90. The van der Waals surface area contributed by atoms with Gasteiger partial charge in [-0.3, -0.25) is 0 Å². The van der Waals surface area contributed by atoms with E-state index in [9.17, 15) is 9.59 Å². The minimum absolute atomic E-state index is 0.359. The second-order valence-corrected chi connectivity index (χ2v) is 2.94. The third-order valence-corrected chi connectivity index (χ3v) is 1.93. The number of isocyanates is 2. The van der Waals surface area contributed by atoms with Gasteiger partial charge in [0.25, 0.3) is 0 Å². The van der Waals surface area contributed by atoms with E-state index in [2.05, 4.69) is 9.98 Å². The zero-order chi connectivity index (χ0) is 10.2. The molecule has 0 aliphatic heterocycles. The minimum Gasteiger partial charge on any atom is -0.211 e. The Kier molecular flexibility index (Phi) is 4.29. The molecular weight excluding hydrogens is 180 g/mol. The largest absolute Gasteiger partial charge is 0.235 e. The molecular formula is C10H10N2O2. The van der Waals surface area contributed by atoms with E-state index in [1.165, 1.54) is 12.2 Å². The van der Waals surface area contributed by atoms with Gasteiger partial charge in [-0.05, 0) is 24.0 Å². The van der Waals surface area contributed by atoms with Crippen LogP contribution < -0.4 is 0 Å². The highest BCUT2D eigenvalue weighted by Crippen LogP contribution is 2.17. The average molecular weight is 190 g/mol. The number of carbonyl (C=O) groups excluding carboxylic acids is 2. The molecule has 0 aromatic rings. The first-order valence-corrected chi connectivity index (χ1v) is 4.32. The molecule has 14 heavy (non-hydrogen) atoms. The Labute approximate surface area is 81.8 Å². The maximum atomic E-state index is 9.90. The van der Waals surface area contributed by atoms with Crippen molar-refractivity contribution in [3.63, 3.8) is 0 Å². The number of allylic oxidation sites excluding steroid dienone is 1. The summed E-state index contributed by atoms with van der Waals surface area (Å²) >= 11 is 0. The highest BCUT2D eigenvalue weighted by molar-refractivity contribution is 5.38. The summed E-state index contributed by atoms with van der Waals surface area (Å²) in [7, 11) is 0. The summed E-state index contributed by atoms with van der Waals surface area (Å²) in [5.41, 5.74) is 2.06. The Bertz CT molecular complexity index is 356. The van der Waals surface area contributed by atoms with Crippen LogP contribution in [-0.4, -0.2) is 25.2 Å². The van der Waals surface area contributed by atoms with Crippen LogP contribution in [-0.2, 0) is 9.59 Å². The van der Waals surface area contributed by atoms with Crippen LogP contribution >= 0.6 is 0 Å². The molecule has 72 valence electrons. The Morgan fingerprint density at radius 2 is 1.93 bits per heavy atom. The van der Waals surface area contributed by atoms with Gasteiger partial charge in [0.1, 0.15) is 0 Å². The van der Waals surface area contributed by atoms with Gasteiger partial charge in [-0.25, -0.2) is 19.6 Å². The van der Waals surface area contributed by atoms with E-state index in [-0.39, 0.29) is 0 Å². The standard InChI is InChI=1S/C10H10N2O2/c13-7-11-5-9-2-1-3-10(4-9)6-12-8-14/h2,4H,1,3,5-6H2. The van der Waals surface area contributed by atoms with Gasteiger partial charge >= 0.3 is 0 Å². The minimum atomic E-state index is 0.359. The molecule has 0 N–H and O–H groups in total. The molecule has 0 aromatic heterocycles. The highest BCUT2D eigenvalue weighted by Gasteiger charge is 2.04. The molecule has 4 heteroatoms. The average Bonchev–Trinajstić information content (AvgIpc) is 2.24. The van der Waals surface area contributed by atoms with Crippen molar-refractivity contribution >= 4 is 12.2 Å². The van der Waals surface area contributed by atoms with E-state index in [1.54, 1.807) is 0 Å². The van der Waals surface area contributed by atoms with Crippen molar-refractivity contribution in [1.82, 2.24) is 0 Å². The summed E-state index contributed by atoms with van der Waals surface area (Å²) in [6.45, 7) is 0.753. The molecule has 0 amide bonds. The lowest BCUT2D eigenvalue weighted by molar-refractivity contribution is 0.563. The Hall–Kier alpha value is -1.76. The van der Waals surface area contributed by atoms with Crippen molar-refractivity contribution in [3.8, 4) is 0 Å². The zero-order valence-electron chi connectivity index (χ0n) is 7.69. The fraction of sp³-hybridized carbons (Fsp3) is 0.400. The molecule has 0 radical (unpaired) electrons. The molecule has 0 bridgehead atoms. The van der Waals surface area contributed by atoms with Gasteiger partial charge in [-0.1, -0.05) is 12.2 Å². The van der Waals surface area contributed by atoms with Crippen molar-refractivity contribution in [2.45, 2.75) is 12.8 Å². The Morgan fingerprint density at radius 1 is 1.21 bits per heavy atom. The Morgan fingerprint density at radius 3 is 2.64 bits per heavy atom. The van der Waals surface area contributed by atoms with Crippen molar-refractivity contribution in [3.05, 3.63) is 23.3 Å². The summed E-state index contributed by atoms with van der Waals surface area (Å²) in [6, 6.07) is 0. The highest BCUT2D eigenvalue weighted by atomic mass is 16.1. The van der Waals surface area contributed by atoms with Gasteiger partial charge in [0.2, 0.25) is 12.2 Å². The van der Waals surface area contributed by atoms with Crippen LogP contribution in [0, 0.1) is 0 Å². The van der Waals surface area contributed by atoms with Crippen LogP contribution in [0.15, 0.2) is 33.3 Å². The quantitative estimate of drug-likeness (QED) is 0.495. The smallest absolute Gasteiger partial charge is 0.211 e. The zero-order valence-corrected chi connectivity index (χ0v) is 7.69. The van der Waals surface area contributed by atoms with Crippen LogP contribution in [0.3, 0.4) is 0 Å². The maximum Gasteiger partial charge on any atom is 0.235 e. The van der Waals surface area contributed by atoms with E-state index in [1.807, 2.05) is 12.2 Å². The number of hydrogen-bond acceptors (Lipinski definition) is 4. The molecule has 0 saturated carbocycles. The lowest BCUT2D eigenvalue weighted by Gasteiger charge is -2.09. The molecule has 0 spiro atoms. The second-order valence-electron chi connectivity index (χ2n) is 2.94. The number of hydrogen-bond donors (Lipinski definition) is 0. The van der Waals surface area contributed by atoms with Crippen LogP contribution in [0.1, 0.15) is 12.8 Å². The molecule has 0 atom stereocenters. The first-order chi connectivity index (χ1) is 6.86. The lowest BCUT2D eigenvalue weighted by atomic mass is 9.99. The SMILES string of the molecule is O=C=NCC1=CCCC(CN=C=O)=C1. The van der Waals surface area contributed by atoms with Crippen molar-refractivity contribution in [2.24, 2.45) is 9.98 Å². The van der Waals surface area contributed by atoms with E-state index in [0.717, 1.165) is 24.0 Å². The molecule has 1 aliphatic rings. The predicted molar refractivity (Wildman–Crippen MR) is 51.4 cm³/mol. The van der Waals surface area contributed by atoms with Gasteiger partial charge in [-0.2, -0.15) is 0 Å². The molecule has 4 nitrogen and oxygen atoms in total. The molecule has 0 aromatic carbocycles. The third-order valence-electron chi connectivity index (χ3n) is 1.93. The Balaban J connectivity index is 2.61. The van der Waals surface area contributed by atoms with E-state index in [0.29, 0.717) is 13.1 Å². The molecule has 1 rings (SSSR count). The summed E-state index contributed by atoms with van der Waals surface area (Å²) in [5, 5.41) is 0. The van der Waals surface area contributed by atoms with Gasteiger partial charge < -0.3 is 0 Å². The first-order valence-electron chi connectivity index (χ1n) is 4.32. The van der Waals surface area contributed by atoms with Crippen LogP contribution in [0.4, 0.5) is 0 Å². The van der Waals surface area contributed by atoms with E-state index >= 15 is 0 Å². The van der Waals surface area contributed by atoms with Crippen LogP contribution in [0.25, 0.3) is 0 Å². The number of rotatable bonds is 4. The topological polar surface area (TPSA) is 58.9 Å². The van der Waals surface area contributed by atoms with Crippen molar-refractivity contribution in [2.75, 3.05) is 13.1 Å². The fourth-order valence-electron chi connectivity index (χ4n) is 1.33. The fourth-order valence-corrected chi connectivity index (χ4v) is 1.33. The molecule has 0 saturated heterocycles. The summed E-state index contributed by atoms with van der Waals surface area (Å²) in [5.74, 6) is 0. The van der Waals surface area contributed by atoms with Crippen LogP contribution in [0.2, 0.25) is 0 Å². The molecule has 0 heterocycles. The summed E-state index contributed by atoms with van der Waals surface area (Å²) in [4.78, 5) is 26.8. The number of nitrogens with zero attached hydrogens (tertiary/aromatic N) is 2. The van der Waals surface area contributed by atoms with Gasteiger partial charge in [-0.15, -0.1) is 0 Å². The van der Waals surface area contributed by atoms with E-state index in [4.69, 9.17) is 0 Å². The first kappa shape index (κ1) is 10.3. The van der Waals surface area contributed by atoms with Crippen LogP contribution in [0.5, 0.6) is 0 Å². The molecule has 0 unspecified atom stereocenters. The lowest BCUT2D eigenvalue weighted by Crippen LogP contribution is -1.98. The van der Waals surface area contributed by atoms with Gasteiger partial charge in [0.05, 0.1) is 13.1 Å². The molecule has 0 fully saturated rings. The predicted octanol–water partition coefficient (Wildman–Crippen LogP) is 1.30. The second kappa shape index (κ2) is 5.81. The van der Waals surface area contributed by atoms with Crippen molar-refractivity contribution in [1.29, 1.82) is 0 Å². The van der Waals surface area contributed by atoms with Gasteiger partial charge in [0.15, 0.2) is 0 Å².